The van der Waals surface area contributed by atoms with Crippen LogP contribution >= 0.6 is 0 Å². The van der Waals surface area contributed by atoms with Crippen molar-refractivity contribution in [1.82, 2.24) is 4.90 Å². The normalized spacial score (nSPS) is 46.8. The summed E-state index contributed by atoms with van der Waals surface area (Å²) < 4.78 is 5.36. The van der Waals surface area contributed by atoms with Crippen molar-refractivity contribution in [3.8, 4) is 0 Å². The van der Waals surface area contributed by atoms with Crippen LogP contribution in [0.4, 0.5) is 0 Å². The van der Waals surface area contributed by atoms with Crippen molar-refractivity contribution in [2.24, 2.45) is 32.9 Å². The molecule has 4 aliphatic carbocycles. The minimum absolute atomic E-state index is 0.0134. The number of rotatable bonds is 3. The summed E-state index contributed by atoms with van der Waals surface area (Å²) in [5.41, 5.74) is 5.53. The van der Waals surface area contributed by atoms with E-state index in [1.807, 2.05) is 0 Å². The Morgan fingerprint density at radius 1 is 1.40 bits per heavy atom. The molecule has 5 aliphatic rings. The molecule has 4 bridgehead atoms. The summed E-state index contributed by atoms with van der Waals surface area (Å²) in [6.45, 7) is 2.35. The highest BCUT2D eigenvalue weighted by Gasteiger charge is 2.80. The number of carboxylic acid groups (broad SMARTS) is 1. The molecule has 0 aromatic heterocycles. The lowest BCUT2D eigenvalue weighted by molar-refractivity contribution is -0.188. The summed E-state index contributed by atoms with van der Waals surface area (Å²) in [5, 5.41) is 21.9. The van der Waals surface area contributed by atoms with Gasteiger partial charge in [-0.2, -0.15) is 0 Å². The van der Waals surface area contributed by atoms with Crippen LogP contribution in [0.3, 0.4) is 0 Å². The molecule has 1 heterocycles. The van der Waals surface area contributed by atoms with E-state index in [-0.39, 0.29) is 34.5 Å². The summed E-state index contributed by atoms with van der Waals surface area (Å²) in [5.74, 6) is -0.0969. The van der Waals surface area contributed by atoms with E-state index in [0.29, 0.717) is 18.3 Å². The Balaban J connectivity index is 1.79. The first kappa shape index (κ1) is 20.1. The Hall–Kier alpha value is -1.86. The fourth-order valence-electron chi connectivity index (χ4n) is 8.81. The number of carboxylic acids is 1. The molecule has 0 aromatic carbocycles. The van der Waals surface area contributed by atoms with E-state index in [9.17, 15) is 15.0 Å². The molecule has 2 spiro atoms. The average Bonchev–Trinajstić information content (AvgIpc) is 3.05. The lowest BCUT2D eigenvalue weighted by Crippen LogP contribution is -2.69. The first-order chi connectivity index (χ1) is 14.2. The number of aliphatic hydroxyl groups is 1. The number of ether oxygens (including phenoxy) is 1. The summed E-state index contributed by atoms with van der Waals surface area (Å²) >= 11 is 0. The van der Waals surface area contributed by atoms with E-state index in [0.717, 1.165) is 44.1 Å². The third-order valence-corrected chi connectivity index (χ3v) is 9.60. The van der Waals surface area contributed by atoms with Gasteiger partial charge in [-0.3, -0.25) is 4.99 Å². The van der Waals surface area contributed by atoms with E-state index in [4.69, 9.17) is 10.5 Å². The zero-order chi connectivity index (χ0) is 21.5. The Labute approximate surface area is 177 Å². The highest BCUT2D eigenvalue weighted by atomic mass is 16.5. The second kappa shape index (κ2) is 6.10. The van der Waals surface area contributed by atoms with E-state index in [1.165, 1.54) is 7.11 Å². The topological polar surface area (TPSA) is 108 Å². The molecule has 0 radical (unpaired) electrons. The second-order valence-electron chi connectivity index (χ2n) is 10.4. The zero-order valence-electron chi connectivity index (χ0n) is 18.1. The van der Waals surface area contributed by atoms with Crippen LogP contribution in [-0.2, 0) is 9.53 Å². The minimum atomic E-state index is -1.45. The first-order valence-corrected chi connectivity index (χ1v) is 11.1. The molecule has 7 heteroatoms. The Morgan fingerprint density at radius 2 is 2.13 bits per heavy atom. The van der Waals surface area contributed by atoms with E-state index < -0.39 is 11.6 Å². The summed E-state index contributed by atoms with van der Waals surface area (Å²) in [6, 6.07) is 0.169. The largest absolute Gasteiger partial charge is 0.478 e. The number of carbonyl (C=O) groups is 1. The molecule has 30 heavy (non-hydrogen) atoms. The smallest absolute Gasteiger partial charge is 0.334 e. The summed E-state index contributed by atoms with van der Waals surface area (Å²) in [4.78, 5) is 18.9. The van der Waals surface area contributed by atoms with Gasteiger partial charge in [-0.1, -0.05) is 13.0 Å². The van der Waals surface area contributed by atoms with Crippen molar-refractivity contribution in [3.05, 3.63) is 23.4 Å². The van der Waals surface area contributed by atoms with Gasteiger partial charge in [-0.15, -0.1) is 0 Å². The van der Waals surface area contributed by atoms with Crippen molar-refractivity contribution in [1.29, 1.82) is 0 Å². The van der Waals surface area contributed by atoms with Crippen LogP contribution in [0, 0.1) is 22.2 Å². The lowest BCUT2D eigenvalue weighted by atomic mass is 9.37. The van der Waals surface area contributed by atoms with Gasteiger partial charge in [0, 0.05) is 37.2 Å². The number of nitrogens with two attached hydrogens (primary N) is 1. The number of nitrogens with zero attached hydrogens (tertiary/aromatic N) is 2. The molecule has 7 nitrogen and oxygen atoms in total. The van der Waals surface area contributed by atoms with Crippen molar-refractivity contribution >= 4 is 11.9 Å². The number of hydrogen-bond acceptors (Lipinski definition) is 4. The van der Waals surface area contributed by atoms with Gasteiger partial charge in [0.1, 0.15) is 5.60 Å². The van der Waals surface area contributed by atoms with Gasteiger partial charge in [0.25, 0.3) is 0 Å². The van der Waals surface area contributed by atoms with Gasteiger partial charge in [0.15, 0.2) is 5.96 Å². The molecule has 3 fully saturated rings. The van der Waals surface area contributed by atoms with Crippen LogP contribution in [0.2, 0.25) is 0 Å². The predicted molar refractivity (Wildman–Crippen MR) is 113 cm³/mol. The standard InChI is InChI=1S/C23H33N3O4/c1-20-8-5-14-11-15-17(18(27)28)21(29,13-30-3)12-23(15,20)22(14)7-4-10-26(19(24)25-2)16(22)6-9-20/h4,10,14,16,29H,5-9,11-13H2,1-3H3,(H2,24,25)(H,27,28). The van der Waals surface area contributed by atoms with Crippen LogP contribution in [-0.4, -0.2) is 59.4 Å². The third kappa shape index (κ3) is 1.99. The number of allylic oxidation sites excluding steroid dienone is 2. The maximum atomic E-state index is 12.5. The fourth-order valence-corrected chi connectivity index (χ4v) is 8.81. The minimum Gasteiger partial charge on any atom is -0.478 e. The van der Waals surface area contributed by atoms with Crippen LogP contribution in [0.5, 0.6) is 0 Å². The average molecular weight is 416 g/mol. The van der Waals surface area contributed by atoms with Gasteiger partial charge >= 0.3 is 5.97 Å². The molecule has 0 aromatic rings. The SMILES string of the molecule is CN=C(N)N1C=CCC23C4CCC(C)(CCC12)C31CC(O)(COC)C(C(=O)O)=C1C4. The molecule has 164 valence electrons. The molecule has 4 N–H and O–H groups in total. The Bertz CT molecular complexity index is 897. The second-order valence-corrected chi connectivity index (χ2v) is 10.4. The Morgan fingerprint density at radius 3 is 2.80 bits per heavy atom. The molecular weight excluding hydrogens is 382 g/mol. The predicted octanol–water partition coefficient (Wildman–Crippen LogP) is 2.27. The van der Waals surface area contributed by atoms with Crippen molar-refractivity contribution in [3.63, 3.8) is 0 Å². The maximum Gasteiger partial charge on any atom is 0.334 e. The van der Waals surface area contributed by atoms with Gasteiger partial charge in [0.05, 0.1) is 12.2 Å². The summed E-state index contributed by atoms with van der Waals surface area (Å²) in [6.07, 6.45) is 10.5. The van der Waals surface area contributed by atoms with E-state index >= 15 is 0 Å². The number of hydrogen-bond donors (Lipinski definition) is 3. The number of guanidine groups is 1. The van der Waals surface area contributed by atoms with Crippen molar-refractivity contribution < 1.29 is 19.7 Å². The highest BCUT2D eigenvalue weighted by molar-refractivity contribution is 5.92. The number of aliphatic carboxylic acids is 1. The molecule has 6 atom stereocenters. The van der Waals surface area contributed by atoms with Gasteiger partial charge < -0.3 is 25.6 Å². The lowest BCUT2D eigenvalue weighted by Gasteiger charge is -2.69. The summed E-state index contributed by atoms with van der Waals surface area (Å²) in [7, 11) is 3.25. The molecule has 3 saturated carbocycles. The van der Waals surface area contributed by atoms with Gasteiger partial charge in [-0.25, -0.2) is 4.79 Å². The molecule has 0 amide bonds. The first-order valence-electron chi connectivity index (χ1n) is 11.1. The van der Waals surface area contributed by atoms with Crippen LogP contribution in [0.1, 0.15) is 51.9 Å². The van der Waals surface area contributed by atoms with Gasteiger partial charge in [0.2, 0.25) is 0 Å². The van der Waals surface area contributed by atoms with Crippen LogP contribution in [0.25, 0.3) is 0 Å². The third-order valence-electron chi connectivity index (χ3n) is 9.60. The molecular formula is C23H33N3O4. The highest BCUT2D eigenvalue weighted by Crippen LogP contribution is 2.83. The molecule has 0 saturated heterocycles. The monoisotopic (exact) mass is 415 g/mol. The van der Waals surface area contributed by atoms with Crippen LogP contribution < -0.4 is 5.73 Å². The fraction of sp³-hybridized carbons (Fsp3) is 0.739. The van der Waals surface area contributed by atoms with Crippen molar-refractivity contribution in [2.45, 2.75) is 63.5 Å². The molecule has 1 aliphatic heterocycles. The van der Waals surface area contributed by atoms with Crippen molar-refractivity contribution in [2.75, 3.05) is 20.8 Å². The van der Waals surface area contributed by atoms with Gasteiger partial charge in [-0.05, 0) is 61.9 Å². The maximum absolute atomic E-state index is 12.5. The molecule has 6 unspecified atom stereocenters. The Kier molecular flexibility index (Phi) is 4.08. The molecule has 5 rings (SSSR count). The van der Waals surface area contributed by atoms with Crippen LogP contribution in [0.15, 0.2) is 28.4 Å². The van der Waals surface area contributed by atoms with E-state index in [2.05, 4.69) is 29.1 Å². The quantitative estimate of drug-likeness (QED) is 0.482. The zero-order valence-corrected chi connectivity index (χ0v) is 18.1. The number of methoxy groups -OCH3 is 1. The number of aliphatic imine (C=N–C) groups is 1. The van der Waals surface area contributed by atoms with E-state index in [1.54, 1.807) is 7.05 Å².